The summed E-state index contributed by atoms with van der Waals surface area (Å²) in [6, 6.07) is 0.0429. The van der Waals surface area contributed by atoms with Crippen LogP contribution in [0.1, 0.15) is 104 Å². The van der Waals surface area contributed by atoms with Crippen molar-refractivity contribution in [3.05, 3.63) is 0 Å². The molecule has 0 aromatic heterocycles. The first-order valence-corrected chi connectivity index (χ1v) is 12.5. The van der Waals surface area contributed by atoms with E-state index in [4.69, 9.17) is 5.41 Å². The van der Waals surface area contributed by atoms with Crippen LogP contribution in [0.3, 0.4) is 0 Å². The second kappa shape index (κ2) is 10.6. The molecule has 2 N–H and O–H groups in total. The molecule has 170 valence electrons. The van der Waals surface area contributed by atoms with Gasteiger partial charge in [-0.05, 0) is 44.4 Å². The Kier molecular flexibility index (Phi) is 8.18. The van der Waals surface area contributed by atoms with E-state index in [-0.39, 0.29) is 17.9 Å². The standard InChI is InChI=1S/C24H42N4O2/c1-3-5-14-24(15-6-4-2)22(30)28(23(25)26-24)20-12-16-27(17-13-20)21(29)18-19-10-8-7-9-11-19/h19-20H,3-18H2,1-2H3,(H2,25,26). The van der Waals surface area contributed by atoms with E-state index in [9.17, 15) is 9.59 Å². The first-order valence-electron chi connectivity index (χ1n) is 12.5. The molecule has 2 heterocycles. The highest BCUT2D eigenvalue weighted by Crippen LogP contribution is 2.33. The first kappa shape index (κ1) is 23.1. The molecule has 0 radical (unpaired) electrons. The topological polar surface area (TPSA) is 76.5 Å². The summed E-state index contributed by atoms with van der Waals surface area (Å²) in [5.74, 6) is 1.24. The highest BCUT2D eigenvalue weighted by atomic mass is 16.2. The van der Waals surface area contributed by atoms with Crippen molar-refractivity contribution in [2.24, 2.45) is 5.92 Å². The number of nitrogens with one attached hydrogen (secondary N) is 2. The Balaban J connectivity index is 1.56. The first-order chi connectivity index (χ1) is 14.5. The van der Waals surface area contributed by atoms with Gasteiger partial charge < -0.3 is 10.2 Å². The second-order valence-corrected chi connectivity index (χ2v) is 9.76. The van der Waals surface area contributed by atoms with Gasteiger partial charge in [-0.2, -0.15) is 0 Å². The Morgan fingerprint density at radius 2 is 1.63 bits per heavy atom. The van der Waals surface area contributed by atoms with E-state index in [0.717, 1.165) is 51.4 Å². The minimum absolute atomic E-state index is 0.0429. The summed E-state index contributed by atoms with van der Waals surface area (Å²) in [6.45, 7) is 5.72. The van der Waals surface area contributed by atoms with Crippen molar-refractivity contribution in [1.29, 1.82) is 5.41 Å². The fourth-order valence-electron chi connectivity index (χ4n) is 5.58. The molecule has 1 aliphatic carbocycles. The zero-order valence-electron chi connectivity index (χ0n) is 19.2. The van der Waals surface area contributed by atoms with Gasteiger partial charge in [0.1, 0.15) is 5.54 Å². The largest absolute Gasteiger partial charge is 0.343 e. The number of amides is 2. The third kappa shape index (κ3) is 5.17. The van der Waals surface area contributed by atoms with E-state index in [1.165, 1.54) is 32.1 Å². The normalized spacial score (nSPS) is 23.1. The van der Waals surface area contributed by atoms with Crippen molar-refractivity contribution >= 4 is 17.8 Å². The lowest BCUT2D eigenvalue weighted by atomic mass is 9.86. The molecule has 3 aliphatic rings. The molecule has 0 unspecified atom stereocenters. The van der Waals surface area contributed by atoms with Gasteiger partial charge in [0, 0.05) is 25.6 Å². The van der Waals surface area contributed by atoms with Crippen LogP contribution in [0.15, 0.2) is 0 Å². The monoisotopic (exact) mass is 418 g/mol. The number of hydrogen-bond acceptors (Lipinski definition) is 3. The molecule has 1 saturated carbocycles. The molecule has 0 bridgehead atoms. The van der Waals surface area contributed by atoms with Gasteiger partial charge in [-0.3, -0.25) is 19.9 Å². The Morgan fingerprint density at radius 1 is 1.03 bits per heavy atom. The van der Waals surface area contributed by atoms with E-state index in [1.54, 1.807) is 4.90 Å². The van der Waals surface area contributed by atoms with Crippen molar-refractivity contribution in [2.75, 3.05) is 13.1 Å². The predicted octanol–water partition coefficient (Wildman–Crippen LogP) is 4.43. The Morgan fingerprint density at radius 3 is 2.20 bits per heavy atom. The van der Waals surface area contributed by atoms with Gasteiger partial charge in [-0.1, -0.05) is 58.8 Å². The van der Waals surface area contributed by atoms with Crippen LogP contribution in [0.4, 0.5) is 0 Å². The van der Waals surface area contributed by atoms with Crippen LogP contribution in [0.5, 0.6) is 0 Å². The summed E-state index contributed by atoms with van der Waals surface area (Å²) in [4.78, 5) is 30.0. The van der Waals surface area contributed by atoms with Gasteiger partial charge in [0.25, 0.3) is 5.91 Å². The number of likely N-dealkylation sites (tertiary alicyclic amines) is 1. The maximum absolute atomic E-state index is 13.5. The molecule has 2 aliphatic heterocycles. The second-order valence-electron chi connectivity index (χ2n) is 9.76. The SMILES string of the molecule is CCCCC1(CCCC)NC(=N)N(C2CCN(C(=O)CC3CCCCC3)CC2)C1=O. The summed E-state index contributed by atoms with van der Waals surface area (Å²) in [7, 11) is 0. The van der Waals surface area contributed by atoms with E-state index in [1.807, 2.05) is 4.90 Å². The van der Waals surface area contributed by atoms with Crippen molar-refractivity contribution in [2.45, 2.75) is 115 Å². The van der Waals surface area contributed by atoms with Crippen LogP contribution in [0, 0.1) is 11.3 Å². The van der Waals surface area contributed by atoms with Crippen LogP contribution in [-0.4, -0.2) is 52.2 Å². The zero-order valence-corrected chi connectivity index (χ0v) is 19.2. The molecule has 3 fully saturated rings. The lowest BCUT2D eigenvalue weighted by Crippen LogP contribution is -2.51. The number of piperidine rings is 1. The molecule has 0 spiro atoms. The van der Waals surface area contributed by atoms with Crippen molar-refractivity contribution in [3.8, 4) is 0 Å². The van der Waals surface area contributed by atoms with E-state index in [0.29, 0.717) is 31.3 Å². The number of guanidine groups is 1. The number of unbranched alkanes of at least 4 members (excludes halogenated alkanes) is 2. The highest BCUT2D eigenvalue weighted by molar-refractivity contribution is 6.08. The van der Waals surface area contributed by atoms with Gasteiger partial charge in [0.2, 0.25) is 5.91 Å². The number of hydrogen-bond donors (Lipinski definition) is 2. The molecule has 0 atom stereocenters. The molecule has 2 amide bonds. The lowest BCUT2D eigenvalue weighted by Gasteiger charge is -2.37. The summed E-state index contributed by atoms with van der Waals surface area (Å²) in [5, 5.41) is 11.8. The van der Waals surface area contributed by atoms with Gasteiger partial charge in [-0.15, -0.1) is 0 Å². The number of rotatable bonds is 9. The van der Waals surface area contributed by atoms with Crippen LogP contribution in [0.25, 0.3) is 0 Å². The summed E-state index contributed by atoms with van der Waals surface area (Å²) in [5.41, 5.74) is -0.586. The summed E-state index contributed by atoms with van der Waals surface area (Å²) in [6.07, 6.45) is 14.2. The van der Waals surface area contributed by atoms with Crippen molar-refractivity contribution in [3.63, 3.8) is 0 Å². The van der Waals surface area contributed by atoms with E-state index >= 15 is 0 Å². The third-order valence-electron chi connectivity index (χ3n) is 7.51. The molecule has 6 heteroatoms. The molecule has 3 rings (SSSR count). The zero-order chi connectivity index (χ0) is 21.6. The minimum atomic E-state index is -0.586. The Bertz CT molecular complexity index is 598. The van der Waals surface area contributed by atoms with E-state index < -0.39 is 5.54 Å². The minimum Gasteiger partial charge on any atom is -0.343 e. The Hall–Kier alpha value is -1.59. The lowest BCUT2D eigenvalue weighted by molar-refractivity contribution is -0.136. The molecule has 2 saturated heterocycles. The van der Waals surface area contributed by atoms with Crippen LogP contribution in [-0.2, 0) is 9.59 Å². The molecule has 6 nitrogen and oxygen atoms in total. The van der Waals surface area contributed by atoms with Gasteiger partial charge >= 0.3 is 0 Å². The van der Waals surface area contributed by atoms with E-state index in [2.05, 4.69) is 19.2 Å². The molecule has 0 aromatic rings. The van der Waals surface area contributed by atoms with Crippen LogP contribution in [0.2, 0.25) is 0 Å². The van der Waals surface area contributed by atoms with Crippen LogP contribution < -0.4 is 5.32 Å². The maximum atomic E-state index is 13.5. The molecule has 0 aromatic carbocycles. The number of nitrogens with zero attached hydrogens (tertiary/aromatic N) is 2. The highest BCUT2D eigenvalue weighted by Gasteiger charge is 2.50. The smallest absolute Gasteiger partial charge is 0.255 e. The summed E-state index contributed by atoms with van der Waals surface area (Å²) < 4.78 is 0. The predicted molar refractivity (Wildman–Crippen MR) is 120 cm³/mol. The molecular weight excluding hydrogens is 376 g/mol. The third-order valence-corrected chi connectivity index (χ3v) is 7.51. The molecule has 30 heavy (non-hydrogen) atoms. The quantitative estimate of drug-likeness (QED) is 0.581. The Labute approximate surface area is 182 Å². The van der Waals surface area contributed by atoms with Crippen molar-refractivity contribution in [1.82, 2.24) is 15.1 Å². The summed E-state index contributed by atoms with van der Waals surface area (Å²) >= 11 is 0. The number of carbonyl (C=O) groups excluding carboxylic acids is 2. The van der Waals surface area contributed by atoms with Gasteiger partial charge in [0.05, 0.1) is 0 Å². The number of carbonyl (C=O) groups is 2. The van der Waals surface area contributed by atoms with Gasteiger partial charge in [-0.25, -0.2) is 0 Å². The fourth-order valence-corrected chi connectivity index (χ4v) is 5.58. The van der Waals surface area contributed by atoms with Gasteiger partial charge in [0.15, 0.2) is 5.96 Å². The maximum Gasteiger partial charge on any atom is 0.255 e. The fraction of sp³-hybridized carbons (Fsp3) is 0.875. The van der Waals surface area contributed by atoms with Crippen molar-refractivity contribution < 1.29 is 9.59 Å². The average molecular weight is 419 g/mol. The van der Waals surface area contributed by atoms with Crippen LogP contribution >= 0.6 is 0 Å². The average Bonchev–Trinajstić information content (AvgIpc) is 3.01. The molecular formula is C24H42N4O2.